The van der Waals surface area contributed by atoms with E-state index in [1.54, 1.807) is 30.5 Å². The number of benzene rings is 1. The van der Waals surface area contributed by atoms with E-state index in [1.807, 2.05) is 0 Å². The lowest BCUT2D eigenvalue weighted by Crippen LogP contribution is -2.03. The molecule has 0 bridgehead atoms. The van der Waals surface area contributed by atoms with E-state index in [2.05, 4.69) is 0 Å². The zero-order chi connectivity index (χ0) is 10.7. The SMILES string of the molecule is OC(Cc1ccoc1)c1ccccc1F. The van der Waals surface area contributed by atoms with Gasteiger partial charge in [0.2, 0.25) is 0 Å². The molecule has 1 N–H and O–H groups in total. The second kappa shape index (κ2) is 4.28. The van der Waals surface area contributed by atoms with Gasteiger partial charge in [-0.15, -0.1) is 0 Å². The van der Waals surface area contributed by atoms with Crippen LogP contribution < -0.4 is 0 Å². The largest absolute Gasteiger partial charge is 0.472 e. The molecule has 1 unspecified atom stereocenters. The van der Waals surface area contributed by atoms with Gasteiger partial charge in [-0.25, -0.2) is 4.39 Å². The first-order valence-electron chi connectivity index (χ1n) is 4.71. The summed E-state index contributed by atoms with van der Waals surface area (Å²) >= 11 is 0. The van der Waals surface area contributed by atoms with Crippen molar-refractivity contribution in [2.75, 3.05) is 0 Å². The van der Waals surface area contributed by atoms with Crippen molar-refractivity contribution in [2.45, 2.75) is 12.5 Å². The fourth-order valence-electron chi connectivity index (χ4n) is 1.49. The van der Waals surface area contributed by atoms with E-state index in [9.17, 15) is 9.50 Å². The Hall–Kier alpha value is -1.61. The van der Waals surface area contributed by atoms with Crippen LogP contribution in [-0.4, -0.2) is 5.11 Å². The molecule has 0 fully saturated rings. The van der Waals surface area contributed by atoms with Crippen molar-refractivity contribution in [3.63, 3.8) is 0 Å². The molecule has 1 aromatic carbocycles. The molecule has 0 spiro atoms. The molecule has 0 aliphatic rings. The Kier molecular flexibility index (Phi) is 2.83. The standard InChI is InChI=1S/C12H11FO2/c13-11-4-2-1-3-10(11)12(14)7-9-5-6-15-8-9/h1-6,8,12,14H,7H2. The minimum atomic E-state index is -0.830. The highest BCUT2D eigenvalue weighted by atomic mass is 19.1. The van der Waals surface area contributed by atoms with E-state index in [0.717, 1.165) is 5.56 Å². The number of halogens is 1. The van der Waals surface area contributed by atoms with E-state index >= 15 is 0 Å². The molecule has 2 rings (SSSR count). The molecule has 2 nitrogen and oxygen atoms in total. The molecular weight excluding hydrogens is 195 g/mol. The Balaban J connectivity index is 2.15. The van der Waals surface area contributed by atoms with Crippen LogP contribution in [0.1, 0.15) is 17.2 Å². The smallest absolute Gasteiger partial charge is 0.129 e. The number of furan rings is 1. The van der Waals surface area contributed by atoms with Gasteiger partial charge in [-0.1, -0.05) is 18.2 Å². The summed E-state index contributed by atoms with van der Waals surface area (Å²) in [5.41, 5.74) is 1.17. The summed E-state index contributed by atoms with van der Waals surface area (Å²) in [6, 6.07) is 7.98. The Morgan fingerprint density at radius 1 is 1.27 bits per heavy atom. The van der Waals surface area contributed by atoms with Gasteiger partial charge in [0, 0.05) is 12.0 Å². The minimum Gasteiger partial charge on any atom is -0.472 e. The fraction of sp³-hybridized carbons (Fsp3) is 0.167. The normalized spacial score (nSPS) is 12.7. The Morgan fingerprint density at radius 2 is 2.07 bits per heavy atom. The van der Waals surface area contributed by atoms with Gasteiger partial charge in [-0.05, 0) is 17.7 Å². The lowest BCUT2D eigenvalue weighted by atomic mass is 10.0. The van der Waals surface area contributed by atoms with Crippen LogP contribution in [0.3, 0.4) is 0 Å². The quantitative estimate of drug-likeness (QED) is 0.837. The van der Waals surface area contributed by atoms with E-state index in [4.69, 9.17) is 4.42 Å². The van der Waals surface area contributed by atoms with Crippen LogP contribution in [0.15, 0.2) is 47.3 Å². The third kappa shape index (κ3) is 2.25. The maximum Gasteiger partial charge on any atom is 0.129 e. The summed E-state index contributed by atoms with van der Waals surface area (Å²) in [5, 5.41) is 9.79. The molecule has 0 aliphatic heterocycles. The fourth-order valence-corrected chi connectivity index (χ4v) is 1.49. The van der Waals surface area contributed by atoms with Crippen LogP contribution in [0.2, 0.25) is 0 Å². The second-order valence-electron chi connectivity index (χ2n) is 3.37. The molecule has 0 saturated heterocycles. The molecule has 0 amide bonds. The molecule has 0 saturated carbocycles. The van der Waals surface area contributed by atoms with E-state index in [1.165, 1.54) is 12.3 Å². The molecule has 1 heterocycles. The van der Waals surface area contributed by atoms with Gasteiger partial charge in [0.25, 0.3) is 0 Å². The highest BCUT2D eigenvalue weighted by Crippen LogP contribution is 2.20. The van der Waals surface area contributed by atoms with Crippen LogP contribution >= 0.6 is 0 Å². The van der Waals surface area contributed by atoms with Crippen molar-refractivity contribution in [2.24, 2.45) is 0 Å². The molecule has 15 heavy (non-hydrogen) atoms. The van der Waals surface area contributed by atoms with Crippen LogP contribution in [0, 0.1) is 5.82 Å². The summed E-state index contributed by atoms with van der Waals surface area (Å²) in [6.45, 7) is 0. The third-order valence-corrected chi connectivity index (χ3v) is 2.27. The molecular formula is C12H11FO2. The number of hydrogen-bond donors (Lipinski definition) is 1. The van der Waals surface area contributed by atoms with Crippen LogP contribution in [-0.2, 0) is 6.42 Å². The maximum absolute atomic E-state index is 13.3. The first-order valence-corrected chi connectivity index (χ1v) is 4.71. The molecule has 0 aliphatic carbocycles. The summed E-state index contributed by atoms with van der Waals surface area (Å²) in [5.74, 6) is -0.381. The molecule has 2 aromatic rings. The van der Waals surface area contributed by atoms with Crippen molar-refractivity contribution in [1.82, 2.24) is 0 Å². The van der Waals surface area contributed by atoms with Gasteiger partial charge in [0.05, 0.1) is 18.6 Å². The first kappa shape index (κ1) is 9.93. The monoisotopic (exact) mass is 206 g/mol. The van der Waals surface area contributed by atoms with Gasteiger partial charge in [-0.2, -0.15) is 0 Å². The van der Waals surface area contributed by atoms with Gasteiger partial charge < -0.3 is 9.52 Å². The number of aliphatic hydroxyl groups is 1. The van der Waals surface area contributed by atoms with Crippen molar-refractivity contribution < 1.29 is 13.9 Å². The lowest BCUT2D eigenvalue weighted by molar-refractivity contribution is 0.173. The van der Waals surface area contributed by atoms with Crippen molar-refractivity contribution in [3.05, 3.63) is 59.8 Å². The first-order chi connectivity index (χ1) is 7.27. The topological polar surface area (TPSA) is 33.4 Å². The van der Waals surface area contributed by atoms with Gasteiger partial charge >= 0.3 is 0 Å². The zero-order valence-corrected chi connectivity index (χ0v) is 8.06. The van der Waals surface area contributed by atoms with Gasteiger partial charge in [-0.3, -0.25) is 0 Å². The Morgan fingerprint density at radius 3 is 2.73 bits per heavy atom. The molecule has 78 valence electrons. The number of rotatable bonds is 3. The zero-order valence-electron chi connectivity index (χ0n) is 8.06. The summed E-state index contributed by atoms with van der Waals surface area (Å²) in [6.07, 6.45) is 2.61. The van der Waals surface area contributed by atoms with Gasteiger partial charge in [0.15, 0.2) is 0 Å². The predicted octanol–water partition coefficient (Wildman–Crippen LogP) is 2.69. The molecule has 1 atom stereocenters. The van der Waals surface area contributed by atoms with Crippen LogP contribution in [0.25, 0.3) is 0 Å². The highest BCUT2D eigenvalue weighted by molar-refractivity contribution is 5.22. The summed E-state index contributed by atoms with van der Waals surface area (Å²) in [7, 11) is 0. The molecule has 0 radical (unpaired) electrons. The molecule has 3 heteroatoms. The Labute approximate surface area is 87.0 Å². The lowest BCUT2D eigenvalue weighted by Gasteiger charge is -2.10. The minimum absolute atomic E-state index is 0.318. The van der Waals surface area contributed by atoms with Gasteiger partial charge in [0.1, 0.15) is 5.82 Å². The van der Waals surface area contributed by atoms with Crippen LogP contribution in [0.4, 0.5) is 4.39 Å². The van der Waals surface area contributed by atoms with E-state index in [-0.39, 0.29) is 5.82 Å². The Bertz CT molecular complexity index is 423. The second-order valence-corrected chi connectivity index (χ2v) is 3.37. The average molecular weight is 206 g/mol. The highest BCUT2D eigenvalue weighted by Gasteiger charge is 2.12. The maximum atomic E-state index is 13.3. The van der Waals surface area contributed by atoms with E-state index in [0.29, 0.717) is 12.0 Å². The number of aliphatic hydroxyl groups excluding tert-OH is 1. The van der Waals surface area contributed by atoms with Crippen molar-refractivity contribution in [3.8, 4) is 0 Å². The number of hydrogen-bond acceptors (Lipinski definition) is 2. The summed E-state index contributed by atoms with van der Waals surface area (Å²) < 4.78 is 18.2. The molecule has 1 aromatic heterocycles. The predicted molar refractivity (Wildman–Crippen MR) is 53.8 cm³/mol. The van der Waals surface area contributed by atoms with E-state index < -0.39 is 6.10 Å². The van der Waals surface area contributed by atoms with Crippen LogP contribution in [0.5, 0.6) is 0 Å². The average Bonchev–Trinajstić information content (AvgIpc) is 2.71. The van der Waals surface area contributed by atoms with Crippen molar-refractivity contribution >= 4 is 0 Å². The van der Waals surface area contributed by atoms with Crippen molar-refractivity contribution in [1.29, 1.82) is 0 Å². The summed E-state index contributed by atoms with van der Waals surface area (Å²) in [4.78, 5) is 0. The third-order valence-electron chi connectivity index (χ3n) is 2.27.